The second kappa shape index (κ2) is 6.64. The molecule has 0 amide bonds. The van der Waals surface area contributed by atoms with E-state index in [0.29, 0.717) is 0 Å². The van der Waals surface area contributed by atoms with E-state index >= 15 is 0 Å². The Morgan fingerprint density at radius 2 is 2.11 bits per heavy atom. The van der Waals surface area contributed by atoms with E-state index in [1.165, 1.54) is 18.4 Å². The van der Waals surface area contributed by atoms with Crippen LogP contribution in [0.4, 0.5) is 0 Å². The summed E-state index contributed by atoms with van der Waals surface area (Å²) in [4.78, 5) is 0. The molecule has 100 valence electrons. The standard InChI is InChI=1S/C15H23NO2/c1-3-8-16-10-13-6-7-14(17-2)15(9-13)18-11-12-4-5-12/h6-7,9,12,16H,3-5,8,10-11H2,1-2H3. The van der Waals surface area contributed by atoms with Gasteiger partial charge < -0.3 is 14.8 Å². The van der Waals surface area contributed by atoms with Crippen molar-refractivity contribution in [3.63, 3.8) is 0 Å². The maximum Gasteiger partial charge on any atom is 0.161 e. The second-order valence-electron chi connectivity index (χ2n) is 4.92. The third-order valence-electron chi connectivity index (χ3n) is 3.16. The summed E-state index contributed by atoms with van der Waals surface area (Å²) in [5, 5.41) is 3.40. The largest absolute Gasteiger partial charge is 0.493 e. The minimum absolute atomic E-state index is 0.761. The first kappa shape index (κ1) is 13.2. The van der Waals surface area contributed by atoms with Crippen LogP contribution in [0.1, 0.15) is 31.7 Å². The van der Waals surface area contributed by atoms with E-state index in [-0.39, 0.29) is 0 Å². The van der Waals surface area contributed by atoms with Gasteiger partial charge in [0.1, 0.15) is 0 Å². The normalized spacial score (nSPS) is 14.6. The lowest BCUT2D eigenvalue weighted by molar-refractivity contribution is 0.280. The van der Waals surface area contributed by atoms with Gasteiger partial charge in [-0.25, -0.2) is 0 Å². The van der Waals surface area contributed by atoms with Crippen molar-refractivity contribution in [2.75, 3.05) is 20.3 Å². The van der Waals surface area contributed by atoms with Crippen LogP contribution in [-0.2, 0) is 6.54 Å². The summed E-state index contributed by atoms with van der Waals surface area (Å²) >= 11 is 0. The summed E-state index contributed by atoms with van der Waals surface area (Å²) in [5.74, 6) is 2.46. The van der Waals surface area contributed by atoms with Gasteiger partial charge in [-0.2, -0.15) is 0 Å². The van der Waals surface area contributed by atoms with Gasteiger partial charge in [0.05, 0.1) is 13.7 Å². The molecule has 0 aliphatic heterocycles. The summed E-state index contributed by atoms with van der Waals surface area (Å²) in [5.41, 5.74) is 1.25. The van der Waals surface area contributed by atoms with E-state index in [9.17, 15) is 0 Å². The van der Waals surface area contributed by atoms with Crippen molar-refractivity contribution in [3.8, 4) is 11.5 Å². The average Bonchev–Trinajstić information content (AvgIpc) is 3.21. The molecule has 1 N–H and O–H groups in total. The van der Waals surface area contributed by atoms with E-state index in [4.69, 9.17) is 9.47 Å². The van der Waals surface area contributed by atoms with Crippen molar-refractivity contribution in [2.24, 2.45) is 5.92 Å². The molecule has 3 nitrogen and oxygen atoms in total. The van der Waals surface area contributed by atoms with Crippen molar-refractivity contribution in [1.82, 2.24) is 5.32 Å². The Bertz CT molecular complexity index is 375. The molecule has 2 rings (SSSR count). The van der Waals surface area contributed by atoms with Crippen LogP contribution in [0.25, 0.3) is 0 Å². The van der Waals surface area contributed by atoms with Crippen LogP contribution >= 0.6 is 0 Å². The van der Waals surface area contributed by atoms with Gasteiger partial charge in [-0.15, -0.1) is 0 Å². The molecule has 1 saturated carbocycles. The molecular formula is C15H23NO2. The Hall–Kier alpha value is -1.22. The van der Waals surface area contributed by atoms with Gasteiger partial charge in [-0.3, -0.25) is 0 Å². The van der Waals surface area contributed by atoms with Crippen LogP contribution in [0.2, 0.25) is 0 Å². The molecular weight excluding hydrogens is 226 g/mol. The Balaban J connectivity index is 1.95. The van der Waals surface area contributed by atoms with Gasteiger partial charge in [-0.1, -0.05) is 13.0 Å². The van der Waals surface area contributed by atoms with Crippen LogP contribution in [0.15, 0.2) is 18.2 Å². The number of benzene rings is 1. The van der Waals surface area contributed by atoms with Gasteiger partial charge in [-0.05, 0) is 49.4 Å². The van der Waals surface area contributed by atoms with Crippen LogP contribution in [0, 0.1) is 5.92 Å². The van der Waals surface area contributed by atoms with Gasteiger partial charge >= 0.3 is 0 Å². The lowest BCUT2D eigenvalue weighted by Gasteiger charge is -2.12. The molecule has 0 bridgehead atoms. The second-order valence-corrected chi connectivity index (χ2v) is 4.92. The van der Waals surface area contributed by atoms with Crippen LogP contribution < -0.4 is 14.8 Å². The first-order valence-corrected chi connectivity index (χ1v) is 6.84. The zero-order valence-electron chi connectivity index (χ0n) is 11.4. The van der Waals surface area contributed by atoms with Gasteiger partial charge in [0.2, 0.25) is 0 Å². The predicted octanol–water partition coefficient (Wildman–Crippen LogP) is 2.98. The number of rotatable bonds is 8. The number of nitrogens with one attached hydrogen (secondary N) is 1. The lowest BCUT2D eigenvalue weighted by Crippen LogP contribution is -2.13. The van der Waals surface area contributed by atoms with Crippen LogP contribution in [-0.4, -0.2) is 20.3 Å². The molecule has 1 aromatic carbocycles. The number of ether oxygens (including phenoxy) is 2. The summed E-state index contributed by atoms with van der Waals surface area (Å²) in [7, 11) is 1.69. The third-order valence-corrected chi connectivity index (χ3v) is 3.16. The SMILES string of the molecule is CCCNCc1ccc(OC)c(OCC2CC2)c1. The van der Waals surface area contributed by atoms with Crippen LogP contribution in [0.3, 0.4) is 0 Å². The highest BCUT2D eigenvalue weighted by atomic mass is 16.5. The number of methoxy groups -OCH3 is 1. The summed E-state index contributed by atoms with van der Waals surface area (Å²) in [6.45, 7) is 4.93. The van der Waals surface area contributed by atoms with Crippen molar-refractivity contribution in [1.29, 1.82) is 0 Å². The fraction of sp³-hybridized carbons (Fsp3) is 0.600. The van der Waals surface area contributed by atoms with E-state index < -0.39 is 0 Å². The fourth-order valence-electron chi connectivity index (χ4n) is 1.85. The molecule has 0 saturated heterocycles. The molecule has 3 heteroatoms. The monoisotopic (exact) mass is 249 g/mol. The first-order valence-electron chi connectivity index (χ1n) is 6.84. The maximum absolute atomic E-state index is 5.85. The molecule has 0 unspecified atom stereocenters. The lowest BCUT2D eigenvalue weighted by atomic mass is 10.2. The number of hydrogen-bond acceptors (Lipinski definition) is 3. The Labute approximate surface area is 109 Å². The molecule has 0 spiro atoms. The topological polar surface area (TPSA) is 30.5 Å². The minimum atomic E-state index is 0.761. The molecule has 1 aliphatic rings. The maximum atomic E-state index is 5.85. The summed E-state index contributed by atoms with van der Waals surface area (Å²) < 4.78 is 11.2. The van der Waals surface area contributed by atoms with Crippen molar-refractivity contribution in [2.45, 2.75) is 32.7 Å². The highest BCUT2D eigenvalue weighted by Gasteiger charge is 2.22. The summed E-state index contributed by atoms with van der Waals surface area (Å²) in [6.07, 6.45) is 3.77. The summed E-state index contributed by atoms with van der Waals surface area (Å²) in [6, 6.07) is 6.17. The Morgan fingerprint density at radius 1 is 1.28 bits per heavy atom. The molecule has 18 heavy (non-hydrogen) atoms. The minimum Gasteiger partial charge on any atom is -0.493 e. The molecule has 1 aromatic rings. The molecule has 0 heterocycles. The fourth-order valence-corrected chi connectivity index (χ4v) is 1.85. The molecule has 0 aromatic heterocycles. The van der Waals surface area contributed by atoms with Gasteiger partial charge in [0.25, 0.3) is 0 Å². The van der Waals surface area contributed by atoms with E-state index in [1.807, 2.05) is 6.07 Å². The highest BCUT2D eigenvalue weighted by molar-refractivity contribution is 5.43. The van der Waals surface area contributed by atoms with E-state index in [2.05, 4.69) is 24.4 Å². The molecule has 0 atom stereocenters. The quantitative estimate of drug-likeness (QED) is 0.718. The third kappa shape index (κ3) is 3.91. The predicted molar refractivity (Wildman–Crippen MR) is 73.2 cm³/mol. The first-order chi connectivity index (χ1) is 8.83. The van der Waals surface area contributed by atoms with Gasteiger partial charge in [0.15, 0.2) is 11.5 Å². The highest BCUT2D eigenvalue weighted by Crippen LogP contribution is 2.33. The zero-order chi connectivity index (χ0) is 12.8. The smallest absolute Gasteiger partial charge is 0.161 e. The Kier molecular flexibility index (Phi) is 4.88. The van der Waals surface area contributed by atoms with Crippen LogP contribution in [0.5, 0.6) is 11.5 Å². The molecule has 1 aliphatic carbocycles. The van der Waals surface area contributed by atoms with Crippen molar-refractivity contribution in [3.05, 3.63) is 23.8 Å². The molecule has 1 fully saturated rings. The zero-order valence-corrected chi connectivity index (χ0v) is 11.4. The van der Waals surface area contributed by atoms with Crippen molar-refractivity contribution >= 4 is 0 Å². The Morgan fingerprint density at radius 3 is 2.78 bits per heavy atom. The van der Waals surface area contributed by atoms with E-state index in [1.54, 1.807) is 7.11 Å². The average molecular weight is 249 g/mol. The van der Waals surface area contributed by atoms with Gasteiger partial charge in [0, 0.05) is 6.54 Å². The number of hydrogen-bond donors (Lipinski definition) is 1. The van der Waals surface area contributed by atoms with Crippen molar-refractivity contribution < 1.29 is 9.47 Å². The molecule has 0 radical (unpaired) electrons. The van der Waals surface area contributed by atoms with E-state index in [0.717, 1.165) is 43.5 Å².